The van der Waals surface area contributed by atoms with E-state index >= 15 is 0 Å². The highest BCUT2D eigenvalue weighted by molar-refractivity contribution is 5.88. The van der Waals surface area contributed by atoms with E-state index in [1.54, 1.807) is 10.9 Å². The number of nitrogens with two attached hydrogens (primary N) is 1. The van der Waals surface area contributed by atoms with E-state index in [1.807, 2.05) is 48.2 Å². The van der Waals surface area contributed by atoms with Crippen LogP contribution < -0.4 is 11.1 Å². The van der Waals surface area contributed by atoms with Gasteiger partial charge in [-0.2, -0.15) is 5.10 Å². The van der Waals surface area contributed by atoms with Crippen molar-refractivity contribution in [3.63, 3.8) is 0 Å². The van der Waals surface area contributed by atoms with Gasteiger partial charge in [0.25, 0.3) is 0 Å². The number of aryl methyl sites for hydroxylation is 1. The van der Waals surface area contributed by atoms with Crippen LogP contribution in [0.2, 0.25) is 0 Å². The second kappa shape index (κ2) is 8.09. The van der Waals surface area contributed by atoms with Crippen molar-refractivity contribution in [2.24, 2.45) is 5.73 Å². The average molecular weight is 390 g/mol. The van der Waals surface area contributed by atoms with E-state index in [2.05, 4.69) is 34.7 Å². The first-order chi connectivity index (χ1) is 14.1. The summed E-state index contributed by atoms with van der Waals surface area (Å²) in [5.41, 5.74) is 9.43. The van der Waals surface area contributed by atoms with Crippen molar-refractivity contribution in [2.75, 3.05) is 25.0 Å². The van der Waals surface area contributed by atoms with Crippen LogP contribution in [-0.4, -0.2) is 40.3 Å². The third-order valence-corrected chi connectivity index (χ3v) is 6.01. The van der Waals surface area contributed by atoms with Crippen molar-refractivity contribution in [3.05, 3.63) is 78.0 Å². The number of piperidine rings is 1. The van der Waals surface area contributed by atoms with Crippen LogP contribution in [0.3, 0.4) is 0 Å². The number of carbonyl (C=O) groups is 1. The molecule has 1 aliphatic heterocycles. The van der Waals surface area contributed by atoms with E-state index < -0.39 is 0 Å². The molecule has 3 aromatic rings. The molecule has 1 aliphatic rings. The fourth-order valence-electron chi connectivity index (χ4n) is 4.12. The van der Waals surface area contributed by atoms with Gasteiger partial charge in [0, 0.05) is 31.1 Å². The maximum Gasteiger partial charge on any atom is 0.323 e. The molecule has 1 saturated heterocycles. The Labute approximate surface area is 171 Å². The Hall–Kier alpha value is -3.12. The Morgan fingerprint density at radius 2 is 1.76 bits per heavy atom. The number of nitrogens with one attached hydrogen (secondary N) is 1. The summed E-state index contributed by atoms with van der Waals surface area (Å²) < 4.78 is 1.77. The second-order valence-electron chi connectivity index (χ2n) is 7.68. The molecule has 4 rings (SSSR count). The quantitative estimate of drug-likeness (QED) is 0.714. The number of amides is 2. The fourth-order valence-corrected chi connectivity index (χ4v) is 4.12. The molecule has 29 heavy (non-hydrogen) atoms. The van der Waals surface area contributed by atoms with Gasteiger partial charge in [0.2, 0.25) is 0 Å². The van der Waals surface area contributed by atoms with E-state index in [-0.39, 0.29) is 11.4 Å². The van der Waals surface area contributed by atoms with E-state index in [9.17, 15) is 4.79 Å². The van der Waals surface area contributed by atoms with Crippen molar-refractivity contribution < 1.29 is 4.79 Å². The smallest absolute Gasteiger partial charge is 0.323 e. The predicted octanol–water partition coefficient (Wildman–Crippen LogP) is 3.71. The zero-order valence-electron chi connectivity index (χ0n) is 16.7. The predicted molar refractivity (Wildman–Crippen MR) is 115 cm³/mol. The van der Waals surface area contributed by atoms with Gasteiger partial charge in [-0.05, 0) is 37.0 Å². The van der Waals surface area contributed by atoms with Gasteiger partial charge >= 0.3 is 6.03 Å². The summed E-state index contributed by atoms with van der Waals surface area (Å²) in [6, 6.07) is 20.1. The van der Waals surface area contributed by atoms with Crippen molar-refractivity contribution in [1.29, 1.82) is 0 Å². The average Bonchev–Trinajstić information content (AvgIpc) is 3.22. The molecule has 2 heterocycles. The molecule has 0 bridgehead atoms. The molecule has 2 amide bonds. The number of urea groups is 1. The first-order valence-electron chi connectivity index (χ1n) is 10.0. The normalized spacial score (nSPS) is 15.9. The highest BCUT2D eigenvalue weighted by atomic mass is 16.2. The highest BCUT2D eigenvalue weighted by Crippen LogP contribution is 2.34. The largest absolute Gasteiger partial charge is 0.330 e. The third kappa shape index (κ3) is 3.76. The monoisotopic (exact) mass is 389 g/mol. The summed E-state index contributed by atoms with van der Waals surface area (Å²) in [7, 11) is 0. The van der Waals surface area contributed by atoms with Crippen LogP contribution in [0.4, 0.5) is 10.6 Å². The Morgan fingerprint density at radius 1 is 1.07 bits per heavy atom. The molecule has 0 saturated carbocycles. The summed E-state index contributed by atoms with van der Waals surface area (Å²) in [5, 5.41) is 7.42. The lowest BCUT2D eigenvalue weighted by molar-refractivity contribution is 0.170. The molecular weight excluding hydrogens is 362 g/mol. The molecule has 0 radical (unpaired) electrons. The van der Waals surface area contributed by atoms with Gasteiger partial charge in [-0.3, -0.25) is 5.32 Å². The molecule has 150 valence electrons. The first kappa shape index (κ1) is 19.2. The second-order valence-corrected chi connectivity index (χ2v) is 7.68. The number of hydrogen-bond donors (Lipinski definition) is 2. The summed E-state index contributed by atoms with van der Waals surface area (Å²) in [4.78, 5) is 14.8. The standard InChI is InChI=1S/C23H27N5O/c1-18-7-5-6-10-20(18)28-21(11-14-25-28)26-22(29)27-15-12-23(17-24,13-16-27)19-8-3-2-4-9-19/h2-11,14H,12-13,15-17,24H2,1H3,(H,26,29). The van der Waals surface area contributed by atoms with Gasteiger partial charge < -0.3 is 10.6 Å². The number of aromatic nitrogens is 2. The van der Waals surface area contributed by atoms with Gasteiger partial charge in [0.05, 0.1) is 11.9 Å². The van der Waals surface area contributed by atoms with Gasteiger partial charge in [-0.15, -0.1) is 0 Å². The van der Waals surface area contributed by atoms with Crippen LogP contribution in [0.5, 0.6) is 0 Å². The fraction of sp³-hybridized carbons (Fsp3) is 0.304. The lowest BCUT2D eigenvalue weighted by atomic mass is 9.73. The number of anilines is 1. The zero-order valence-corrected chi connectivity index (χ0v) is 16.7. The minimum Gasteiger partial charge on any atom is -0.330 e. The Balaban J connectivity index is 1.45. The lowest BCUT2D eigenvalue weighted by Gasteiger charge is -2.41. The molecule has 6 heteroatoms. The molecule has 0 atom stereocenters. The van der Waals surface area contributed by atoms with E-state index in [1.165, 1.54) is 5.56 Å². The minimum atomic E-state index is -0.0981. The summed E-state index contributed by atoms with van der Waals surface area (Å²) in [5.74, 6) is 0.669. The first-order valence-corrected chi connectivity index (χ1v) is 10.0. The number of para-hydroxylation sites is 1. The molecule has 1 fully saturated rings. The molecule has 2 aromatic carbocycles. The Kier molecular flexibility index (Phi) is 5.36. The maximum absolute atomic E-state index is 12.9. The van der Waals surface area contributed by atoms with E-state index in [4.69, 9.17) is 5.73 Å². The van der Waals surface area contributed by atoms with Crippen LogP contribution in [0.25, 0.3) is 5.69 Å². The lowest BCUT2D eigenvalue weighted by Crippen LogP contribution is -2.49. The minimum absolute atomic E-state index is 0.0546. The molecule has 0 unspecified atom stereocenters. The molecule has 0 aliphatic carbocycles. The summed E-state index contributed by atoms with van der Waals surface area (Å²) in [6.45, 7) is 3.97. The van der Waals surface area contributed by atoms with Gasteiger partial charge in [-0.25, -0.2) is 9.48 Å². The SMILES string of the molecule is Cc1ccccc1-n1nccc1NC(=O)N1CCC(CN)(c2ccccc2)CC1. The number of hydrogen-bond acceptors (Lipinski definition) is 3. The van der Waals surface area contributed by atoms with Crippen LogP contribution in [0.15, 0.2) is 66.9 Å². The van der Waals surface area contributed by atoms with Gasteiger partial charge in [0.15, 0.2) is 0 Å². The number of likely N-dealkylation sites (tertiary alicyclic amines) is 1. The Bertz CT molecular complexity index is 974. The topological polar surface area (TPSA) is 76.2 Å². The van der Waals surface area contributed by atoms with Crippen LogP contribution in [0, 0.1) is 6.92 Å². The third-order valence-electron chi connectivity index (χ3n) is 6.01. The van der Waals surface area contributed by atoms with Crippen molar-refractivity contribution >= 4 is 11.8 Å². The van der Waals surface area contributed by atoms with Crippen LogP contribution in [-0.2, 0) is 5.41 Å². The number of carbonyl (C=O) groups excluding carboxylic acids is 1. The number of nitrogens with zero attached hydrogens (tertiary/aromatic N) is 3. The van der Waals surface area contributed by atoms with E-state index in [0.717, 1.165) is 24.1 Å². The maximum atomic E-state index is 12.9. The molecule has 3 N–H and O–H groups in total. The molecule has 0 spiro atoms. The zero-order chi connectivity index (χ0) is 20.3. The number of benzene rings is 2. The molecule has 6 nitrogen and oxygen atoms in total. The summed E-state index contributed by atoms with van der Waals surface area (Å²) >= 11 is 0. The Morgan fingerprint density at radius 3 is 2.45 bits per heavy atom. The molecular formula is C23H27N5O. The van der Waals surface area contributed by atoms with E-state index in [0.29, 0.717) is 25.5 Å². The van der Waals surface area contributed by atoms with Crippen molar-refractivity contribution in [3.8, 4) is 5.69 Å². The van der Waals surface area contributed by atoms with Gasteiger partial charge in [0.1, 0.15) is 5.82 Å². The van der Waals surface area contributed by atoms with Crippen LogP contribution >= 0.6 is 0 Å². The summed E-state index contributed by atoms with van der Waals surface area (Å²) in [6.07, 6.45) is 3.42. The van der Waals surface area contributed by atoms with Crippen molar-refractivity contribution in [2.45, 2.75) is 25.2 Å². The highest BCUT2D eigenvalue weighted by Gasteiger charge is 2.36. The molecule has 1 aromatic heterocycles. The van der Waals surface area contributed by atoms with Gasteiger partial charge in [-0.1, -0.05) is 48.5 Å². The van der Waals surface area contributed by atoms with Crippen LogP contribution in [0.1, 0.15) is 24.0 Å². The van der Waals surface area contributed by atoms with Crippen molar-refractivity contribution in [1.82, 2.24) is 14.7 Å². The number of rotatable bonds is 4.